The number of thiophene rings is 1. The highest BCUT2D eigenvalue weighted by Gasteiger charge is 2.58. The SMILES string of the molecule is Cc1cscc1-n1c2c(c3ccccc31)C(C)Cc1oc3c(c1-2)-c1[nH]c2ccccc2c1CC3(C)C1(C)NC(c2ccccc2)=NC(C)(c2ccccc2)N1. The summed E-state index contributed by atoms with van der Waals surface area (Å²) in [5.74, 6) is 3.19. The zero-order chi connectivity index (χ0) is 37.3. The van der Waals surface area contributed by atoms with Crippen LogP contribution in [0.25, 0.3) is 50.0 Å². The molecular weight excluding hydrogens is 695 g/mol. The maximum Gasteiger partial charge on any atom is 0.137 e. The second-order valence-corrected chi connectivity index (χ2v) is 17.2. The number of rotatable bonds is 4. The predicted octanol–water partition coefficient (Wildman–Crippen LogP) is 11.1. The van der Waals surface area contributed by atoms with Gasteiger partial charge in [-0.3, -0.25) is 5.32 Å². The molecule has 11 rings (SSSR count). The summed E-state index contributed by atoms with van der Waals surface area (Å²) in [7, 11) is 0. The number of hydrogen-bond donors (Lipinski definition) is 3. The molecule has 0 bridgehead atoms. The van der Waals surface area contributed by atoms with Gasteiger partial charge in [-0.1, -0.05) is 104 Å². The van der Waals surface area contributed by atoms with Crippen molar-refractivity contribution in [2.75, 3.05) is 0 Å². The van der Waals surface area contributed by atoms with Gasteiger partial charge < -0.3 is 19.3 Å². The van der Waals surface area contributed by atoms with Crippen LogP contribution in [0.5, 0.6) is 0 Å². The first kappa shape index (κ1) is 32.8. The van der Waals surface area contributed by atoms with E-state index >= 15 is 0 Å². The Morgan fingerprint density at radius 2 is 1.53 bits per heavy atom. The third-order valence-corrected chi connectivity index (χ3v) is 13.8. The first-order chi connectivity index (χ1) is 26.7. The lowest BCUT2D eigenvalue weighted by Crippen LogP contribution is -2.74. The molecule has 8 aromatic rings. The average molecular weight is 738 g/mol. The minimum Gasteiger partial charge on any atom is -0.464 e. The summed E-state index contributed by atoms with van der Waals surface area (Å²) < 4.78 is 10.0. The molecule has 272 valence electrons. The highest BCUT2D eigenvalue weighted by atomic mass is 32.1. The van der Waals surface area contributed by atoms with Crippen molar-refractivity contribution in [3.63, 3.8) is 0 Å². The van der Waals surface area contributed by atoms with Crippen molar-refractivity contribution in [3.05, 3.63) is 159 Å². The second-order valence-electron chi connectivity index (χ2n) is 16.4. The largest absolute Gasteiger partial charge is 0.464 e. The lowest BCUT2D eigenvalue weighted by Gasteiger charge is -2.54. The molecule has 6 nitrogen and oxygen atoms in total. The number of fused-ring (bicyclic) bond motifs is 11. The second kappa shape index (κ2) is 11.4. The van der Waals surface area contributed by atoms with Gasteiger partial charge in [-0.25, -0.2) is 4.99 Å². The minimum absolute atomic E-state index is 0.272. The van der Waals surface area contributed by atoms with Crippen LogP contribution in [0.4, 0.5) is 0 Å². The maximum atomic E-state index is 7.51. The molecule has 4 unspecified atom stereocenters. The molecule has 0 radical (unpaired) electrons. The number of nitrogens with one attached hydrogen (secondary N) is 3. The Morgan fingerprint density at radius 1 is 0.818 bits per heavy atom. The van der Waals surface area contributed by atoms with Gasteiger partial charge in [-0.2, -0.15) is 0 Å². The Labute approximate surface area is 325 Å². The summed E-state index contributed by atoms with van der Waals surface area (Å²) >= 11 is 1.76. The zero-order valence-electron chi connectivity index (χ0n) is 31.7. The first-order valence-corrected chi connectivity index (χ1v) is 20.3. The van der Waals surface area contributed by atoms with E-state index in [-0.39, 0.29) is 5.92 Å². The van der Waals surface area contributed by atoms with Gasteiger partial charge in [0.05, 0.1) is 39.1 Å². The highest BCUT2D eigenvalue weighted by Crippen LogP contribution is 2.59. The van der Waals surface area contributed by atoms with E-state index in [0.717, 1.165) is 46.8 Å². The monoisotopic (exact) mass is 737 g/mol. The zero-order valence-corrected chi connectivity index (χ0v) is 32.6. The van der Waals surface area contributed by atoms with Crippen LogP contribution in [-0.2, 0) is 23.9 Å². The molecule has 4 atom stereocenters. The number of nitrogens with zero attached hydrogens (tertiary/aromatic N) is 2. The van der Waals surface area contributed by atoms with E-state index in [9.17, 15) is 0 Å². The molecule has 3 aliphatic rings. The van der Waals surface area contributed by atoms with E-state index in [1.807, 2.05) is 0 Å². The van der Waals surface area contributed by atoms with Gasteiger partial charge in [-0.15, -0.1) is 11.3 Å². The number of furan rings is 1. The van der Waals surface area contributed by atoms with Crippen LogP contribution in [0.3, 0.4) is 0 Å². The third-order valence-electron chi connectivity index (χ3n) is 13.0. The van der Waals surface area contributed by atoms with Gasteiger partial charge in [0.2, 0.25) is 0 Å². The van der Waals surface area contributed by atoms with E-state index in [0.29, 0.717) is 0 Å². The van der Waals surface area contributed by atoms with E-state index in [1.54, 1.807) is 11.3 Å². The molecule has 0 saturated carbocycles. The van der Waals surface area contributed by atoms with Gasteiger partial charge in [0.25, 0.3) is 0 Å². The first-order valence-electron chi connectivity index (χ1n) is 19.4. The summed E-state index contributed by atoms with van der Waals surface area (Å²) in [6.45, 7) is 11.5. The number of aliphatic imine (C=N–C) groups is 1. The Bertz CT molecular complexity index is 2860. The minimum atomic E-state index is -0.729. The molecule has 4 aromatic carbocycles. The molecule has 1 aliphatic heterocycles. The van der Waals surface area contributed by atoms with Crippen LogP contribution in [-0.4, -0.2) is 21.0 Å². The molecule has 0 saturated heterocycles. The lowest BCUT2D eigenvalue weighted by molar-refractivity contribution is 0.0938. The molecule has 2 aliphatic carbocycles. The summed E-state index contributed by atoms with van der Waals surface area (Å²) in [6, 6.07) is 38.9. The summed E-state index contributed by atoms with van der Waals surface area (Å²) in [5.41, 5.74) is 12.6. The van der Waals surface area contributed by atoms with Crippen LogP contribution in [0.15, 0.2) is 129 Å². The molecule has 3 N–H and O–H groups in total. The van der Waals surface area contributed by atoms with Gasteiger partial charge in [0.15, 0.2) is 0 Å². The Balaban J connectivity index is 1.22. The van der Waals surface area contributed by atoms with Crippen molar-refractivity contribution < 1.29 is 4.42 Å². The maximum absolute atomic E-state index is 7.51. The Kier molecular flexibility index (Phi) is 6.82. The molecule has 0 fully saturated rings. The summed E-state index contributed by atoms with van der Waals surface area (Å²) in [6.07, 6.45) is 1.58. The van der Waals surface area contributed by atoms with Crippen molar-refractivity contribution >= 4 is 39.0 Å². The topological polar surface area (TPSA) is 70.3 Å². The van der Waals surface area contributed by atoms with E-state index in [1.165, 1.54) is 61.2 Å². The lowest BCUT2D eigenvalue weighted by atomic mass is 9.65. The third kappa shape index (κ3) is 4.48. The highest BCUT2D eigenvalue weighted by molar-refractivity contribution is 7.08. The van der Waals surface area contributed by atoms with Crippen molar-refractivity contribution in [1.29, 1.82) is 0 Å². The van der Waals surface area contributed by atoms with Gasteiger partial charge in [0, 0.05) is 33.7 Å². The van der Waals surface area contributed by atoms with Crippen molar-refractivity contribution in [2.45, 2.75) is 70.1 Å². The number of H-pyrrole nitrogens is 1. The number of amidine groups is 1. The predicted molar refractivity (Wildman–Crippen MR) is 226 cm³/mol. The van der Waals surface area contributed by atoms with E-state index < -0.39 is 16.7 Å². The van der Waals surface area contributed by atoms with Crippen molar-refractivity contribution in [3.8, 4) is 28.2 Å². The fraction of sp³-hybridized carbons (Fsp3) is 0.229. The van der Waals surface area contributed by atoms with Gasteiger partial charge in [0.1, 0.15) is 28.7 Å². The molecule has 0 spiro atoms. The number of hydrogen-bond acceptors (Lipinski definition) is 5. The molecule has 0 amide bonds. The Morgan fingerprint density at radius 3 is 2.29 bits per heavy atom. The van der Waals surface area contributed by atoms with Gasteiger partial charge in [-0.05, 0) is 79.8 Å². The number of aryl methyl sites for hydroxylation is 1. The normalized spacial score (nSPS) is 24.2. The van der Waals surface area contributed by atoms with Crippen LogP contribution >= 0.6 is 11.3 Å². The van der Waals surface area contributed by atoms with Crippen molar-refractivity contribution in [1.82, 2.24) is 20.2 Å². The number of benzene rings is 4. The quantitative estimate of drug-likeness (QED) is 0.168. The molecule has 7 heteroatoms. The molecule has 4 aromatic heterocycles. The Hall–Kier alpha value is -5.63. The fourth-order valence-electron chi connectivity index (χ4n) is 10.1. The van der Waals surface area contributed by atoms with Crippen LogP contribution < -0.4 is 10.6 Å². The van der Waals surface area contributed by atoms with E-state index in [2.05, 4.69) is 175 Å². The number of aromatic amines is 1. The number of para-hydroxylation sites is 2. The average Bonchev–Trinajstić information content (AvgIpc) is 3.97. The standard InChI is InChI=1S/C48H43N5OS/c1-28-24-38-40(43-39(28)33-21-13-15-23-36(33)53(43)37-27-55-26-29(37)2)41-42-34(32-20-12-14-22-35(32)49-42)25-46(3,44(41)54-38)48(5)51-45(30-16-8-6-9-17-30)50-47(4,52-48)31-18-10-7-11-19-31/h6-23,26-28,49,52H,24-25H2,1-5H3,(H,50,51). The van der Waals surface area contributed by atoms with Crippen molar-refractivity contribution in [2.24, 2.45) is 4.99 Å². The molecule has 55 heavy (non-hydrogen) atoms. The number of aromatic nitrogens is 2. The smallest absolute Gasteiger partial charge is 0.137 e. The van der Waals surface area contributed by atoms with Crippen LogP contribution in [0, 0.1) is 6.92 Å². The fourth-order valence-corrected chi connectivity index (χ4v) is 10.9. The van der Waals surface area contributed by atoms with E-state index in [4.69, 9.17) is 9.41 Å². The molecule has 5 heterocycles. The summed E-state index contributed by atoms with van der Waals surface area (Å²) in [5, 5.41) is 15.3. The molecular formula is C48H43N5OS. The summed E-state index contributed by atoms with van der Waals surface area (Å²) in [4.78, 5) is 9.40. The van der Waals surface area contributed by atoms with Gasteiger partial charge >= 0.3 is 0 Å². The van der Waals surface area contributed by atoms with Crippen LogP contribution in [0.1, 0.15) is 73.0 Å². The van der Waals surface area contributed by atoms with Crippen LogP contribution in [0.2, 0.25) is 0 Å².